The molecule has 0 aromatic heterocycles. The number of hydrogen-bond acceptors (Lipinski definition) is 3. The summed E-state index contributed by atoms with van der Waals surface area (Å²) < 4.78 is 0. The summed E-state index contributed by atoms with van der Waals surface area (Å²) in [4.78, 5) is 16.6. The summed E-state index contributed by atoms with van der Waals surface area (Å²) in [6.07, 6.45) is 0.848. The first kappa shape index (κ1) is 15.4. The number of nitrogens with one attached hydrogen (secondary N) is 1. The van der Waals surface area contributed by atoms with Crippen molar-refractivity contribution < 1.29 is 4.79 Å². The molecule has 1 fully saturated rings. The van der Waals surface area contributed by atoms with Crippen LogP contribution in [-0.2, 0) is 4.79 Å². The van der Waals surface area contributed by atoms with Crippen molar-refractivity contribution in [3.05, 3.63) is 0 Å². The van der Waals surface area contributed by atoms with Gasteiger partial charge in [0.2, 0.25) is 5.91 Å². The van der Waals surface area contributed by atoms with E-state index in [4.69, 9.17) is 0 Å². The summed E-state index contributed by atoms with van der Waals surface area (Å²) in [5, 5.41) is 3.32. The summed E-state index contributed by atoms with van der Waals surface area (Å²) in [5.41, 5.74) is -0.347. The molecule has 4 nitrogen and oxygen atoms in total. The van der Waals surface area contributed by atoms with E-state index in [-0.39, 0.29) is 11.4 Å². The largest absolute Gasteiger partial charge is 0.327 e. The van der Waals surface area contributed by atoms with Gasteiger partial charge in [0.05, 0.1) is 12.2 Å². The van der Waals surface area contributed by atoms with Gasteiger partial charge in [-0.05, 0) is 41.0 Å². The molecular formula is C14H29N3O. The molecule has 0 aliphatic carbocycles. The van der Waals surface area contributed by atoms with Gasteiger partial charge in [0, 0.05) is 25.2 Å². The number of rotatable bonds is 6. The molecule has 0 spiro atoms. The van der Waals surface area contributed by atoms with E-state index in [9.17, 15) is 4.79 Å². The molecule has 0 bridgehead atoms. The highest BCUT2D eigenvalue weighted by atomic mass is 16.2. The molecule has 4 heteroatoms. The molecule has 1 rings (SSSR count). The van der Waals surface area contributed by atoms with Gasteiger partial charge in [0.1, 0.15) is 0 Å². The number of carbonyl (C=O) groups excluding carboxylic acids is 1. The number of hydrogen-bond donors (Lipinski definition) is 1. The van der Waals surface area contributed by atoms with Crippen molar-refractivity contribution in [2.75, 3.05) is 19.8 Å². The SMILES string of the molecule is CCC1(C)NCN(CCN(C(C)C)C(C)C)C1=O. The van der Waals surface area contributed by atoms with Gasteiger partial charge in [-0.2, -0.15) is 0 Å². The zero-order valence-electron chi connectivity index (χ0n) is 12.8. The lowest BCUT2D eigenvalue weighted by Gasteiger charge is -2.32. The fraction of sp³-hybridized carbons (Fsp3) is 0.929. The van der Waals surface area contributed by atoms with Crippen LogP contribution in [0.15, 0.2) is 0 Å². The summed E-state index contributed by atoms with van der Waals surface area (Å²) in [5.74, 6) is 0.248. The van der Waals surface area contributed by atoms with Crippen LogP contribution >= 0.6 is 0 Å². The lowest BCUT2D eigenvalue weighted by atomic mass is 9.99. The van der Waals surface area contributed by atoms with E-state index in [0.717, 1.165) is 19.5 Å². The maximum Gasteiger partial charge on any atom is 0.243 e. The first-order valence-corrected chi connectivity index (χ1v) is 7.12. The van der Waals surface area contributed by atoms with Crippen LogP contribution in [0.2, 0.25) is 0 Å². The topological polar surface area (TPSA) is 35.6 Å². The highest BCUT2D eigenvalue weighted by Crippen LogP contribution is 2.19. The zero-order chi connectivity index (χ0) is 13.9. The fourth-order valence-electron chi connectivity index (χ4n) is 2.57. The van der Waals surface area contributed by atoms with Gasteiger partial charge in [-0.3, -0.25) is 15.0 Å². The maximum absolute atomic E-state index is 12.3. The van der Waals surface area contributed by atoms with Crippen LogP contribution in [-0.4, -0.2) is 53.1 Å². The highest BCUT2D eigenvalue weighted by Gasteiger charge is 2.40. The van der Waals surface area contributed by atoms with Gasteiger partial charge < -0.3 is 4.90 Å². The summed E-state index contributed by atoms with van der Waals surface area (Å²) in [6.45, 7) is 15.3. The molecule has 0 aromatic carbocycles. The molecule has 106 valence electrons. The lowest BCUT2D eigenvalue weighted by Crippen LogP contribution is -2.45. The van der Waals surface area contributed by atoms with E-state index in [2.05, 4.69) is 44.8 Å². The molecule has 1 aliphatic heterocycles. The van der Waals surface area contributed by atoms with Crippen LogP contribution in [0.5, 0.6) is 0 Å². The third kappa shape index (κ3) is 3.23. The minimum Gasteiger partial charge on any atom is -0.327 e. The zero-order valence-corrected chi connectivity index (χ0v) is 12.8. The van der Waals surface area contributed by atoms with E-state index in [0.29, 0.717) is 18.8 Å². The minimum atomic E-state index is -0.347. The Bertz CT molecular complexity index is 283. The predicted octanol–water partition coefficient (Wildman–Crippen LogP) is 1.66. The first-order valence-electron chi connectivity index (χ1n) is 7.12. The van der Waals surface area contributed by atoms with Crippen molar-refractivity contribution in [1.29, 1.82) is 0 Å². The molecule has 1 saturated heterocycles. The molecule has 0 radical (unpaired) electrons. The first-order chi connectivity index (χ1) is 8.31. The Labute approximate surface area is 112 Å². The normalized spacial score (nSPS) is 24.9. The Morgan fingerprint density at radius 1 is 1.33 bits per heavy atom. The van der Waals surface area contributed by atoms with Gasteiger partial charge in [0.15, 0.2) is 0 Å². The molecule has 1 aliphatic rings. The molecule has 1 atom stereocenters. The van der Waals surface area contributed by atoms with E-state index < -0.39 is 0 Å². The average Bonchev–Trinajstić information content (AvgIpc) is 2.57. The van der Waals surface area contributed by atoms with Crippen molar-refractivity contribution in [1.82, 2.24) is 15.1 Å². The Hall–Kier alpha value is -0.610. The molecule has 1 amide bonds. The van der Waals surface area contributed by atoms with Crippen LogP contribution < -0.4 is 5.32 Å². The monoisotopic (exact) mass is 255 g/mol. The second-order valence-electron chi connectivity index (χ2n) is 6.01. The summed E-state index contributed by atoms with van der Waals surface area (Å²) in [6, 6.07) is 1.04. The van der Waals surface area contributed by atoms with Gasteiger partial charge in [-0.25, -0.2) is 0 Å². The minimum absolute atomic E-state index is 0.248. The second kappa shape index (κ2) is 6.02. The standard InChI is InChI=1S/C14H29N3O/c1-7-14(6)13(18)16(10-15-14)8-9-17(11(2)3)12(4)5/h11-12,15H,7-10H2,1-6H3. The molecule has 1 unspecified atom stereocenters. The van der Waals surface area contributed by atoms with Gasteiger partial charge in [-0.15, -0.1) is 0 Å². The quantitative estimate of drug-likeness (QED) is 0.784. The van der Waals surface area contributed by atoms with Crippen molar-refractivity contribution >= 4 is 5.91 Å². The molecule has 18 heavy (non-hydrogen) atoms. The summed E-state index contributed by atoms with van der Waals surface area (Å²) >= 11 is 0. The van der Waals surface area contributed by atoms with E-state index in [1.54, 1.807) is 0 Å². The molecule has 1 N–H and O–H groups in total. The third-order valence-corrected chi connectivity index (χ3v) is 4.08. The summed E-state index contributed by atoms with van der Waals surface area (Å²) in [7, 11) is 0. The van der Waals surface area contributed by atoms with Gasteiger partial charge in [0.25, 0.3) is 0 Å². The molecule has 1 heterocycles. The fourth-order valence-corrected chi connectivity index (χ4v) is 2.57. The average molecular weight is 255 g/mol. The Morgan fingerprint density at radius 3 is 2.28 bits per heavy atom. The predicted molar refractivity (Wildman–Crippen MR) is 75.4 cm³/mol. The van der Waals surface area contributed by atoms with Crippen LogP contribution in [0.25, 0.3) is 0 Å². The van der Waals surface area contributed by atoms with Crippen molar-refractivity contribution in [3.63, 3.8) is 0 Å². The van der Waals surface area contributed by atoms with Crippen LogP contribution in [0.4, 0.5) is 0 Å². The van der Waals surface area contributed by atoms with Crippen LogP contribution in [0, 0.1) is 0 Å². The van der Waals surface area contributed by atoms with Crippen molar-refractivity contribution in [2.45, 2.75) is 65.6 Å². The maximum atomic E-state index is 12.3. The van der Waals surface area contributed by atoms with Crippen LogP contribution in [0.3, 0.4) is 0 Å². The third-order valence-electron chi connectivity index (χ3n) is 4.08. The number of carbonyl (C=O) groups is 1. The van der Waals surface area contributed by atoms with Crippen molar-refractivity contribution in [2.24, 2.45) is 0 Å². The Kier molecular flexibility index (Phi) is 5.17. The van der Waals surface area contributed by atoms with Crippen LogP contribution in [0.1, 0.15) is 48.0 Å². The highest BCUT2D eigenvalue weighted by molar-refractivity contribution is 5.87. The molecular weight excluding hydrogens is 226 g/mol. The number of amides is 1. The van der Waals surface area contributed by atoms with E-state index >= 15 is 0 Å². The number of nitrogens with zero attached hydrogens (tertiary/aromatic N) is 2. The van der Waals surface area contributed by atoms with E-state index in [1.807, 2.05) is 11.8 Å². The van der Waals surface area contributed by atoms with Gasteiger partial charge >= 0.3 is 0 Å². The smallest absolute Gasteiger partial charge is 0.243 e. The Morgan fingerprint density at radius 2 is 1.89 bits per heavy atom. The molecule has 0 saturated carbocycles. The van der Waals surface area contributed by atoms with Gasteiger partial charge in [-0.1, -0.05) is 6.92 Å². The molecule has 0 aromatic rings. The Balaban J connectivity index is 2.52. The van der Waals surface area contributed by atoms with E-state index in [1.165, 1.54) is 0 Å². The second-order valence-corrected chi connectivity index (χ2v) is 6.01. The van der Waals surface area contributed by atoms with Crippen molar-refractivity contribution in [3.8, 4) is 0 Å². The lowest BCUT2D eigenvalue weighted by molar-refractivity contribution is -0.132.